The first kappa shape index (κ1) is 23.8. The number of nitrogens with one attached hydrogen (secondary N) is 1. The van der Waals surface area contributed by atoms with E-state index in [2.05, 4.69) is 15.5 Å². The number of rotatable bonds is 8. The second kappa shape index (κ2) is 10.3. The number of hydrogen-bond donors (Lipinski definition) is 1. The highest BCUT2D eigenvalue weighted by Gasteiger charge is 2.23. The Balaban J connectivity index is 1.52. The minimum absolute atomic E-state index is 0.0847. The SMILES string of the molecule is COC(=O)c1c(-c2ccccc2)csc1NC(=O)CSc1nnc(-c2ccoc2C)n1C(C)C. The van der Waals surface area contributed by atoms with Crippen LogP contribution < -0.4 is 5.32 Å². The van der Waals surface area contributed by atoms with E-state index in [1.807, 2.05) is 67.1 Å². The van der Waals surface area contributed by atoms with Crippen molar-refractivity contribution >= 4 is 40.0 Å². The Morgan fingerprint density at radius 3 is 2.59 bits per heavy atom. The smallest absolute Gasteiger partial charge is 0.341 e. The first-order valence-electron chi connectivity index (χ1n) is 10.6. The molecule has 0 bridgehead atoms. The van der Waals surface area contributed by atoms with Gasteiger partial charge in [0.2, 0.25) is 5.91 Å². The molecule has 0 fully saturated rings. The molecule has 3 heterocycles. The normalized spacial score (nSPS) is 11.1. The van der Waals surface area contributed by atoms with Crippen LogP contribution >= 0.6 is 23.1 Å². The Morgan fingerprint density at radius 1 is 1.18 bits per heavy atom. The third-order valence-electron chi connectivity index (χ3n) is 5.13. The molecule has 0 aliphatic carbocycles. The van der Waals surface area contributed by atoms with Gasteiger partial charge in [-0.2, -0.15) is 0 Å². The molecule has 0 aliphatic rings. The topological polar surface area (TPSA) is 99.2 Å². The average Bonchev–Trinajstić information content (AvgIpc) is 3.55. The summed E-state index contributed by atoms with van der Waals surface area (Å²) in [5.41, 5.74) is 2.81. The number of carbonyl (C=O) groups excluding carboxylic acids is 2. The second-order valence-electron chi connectivity index (χ2n) is 7.71. The van der Waals surface area contributed by atoms with Gasteiger partial charge in [-0.05, 0) is 32.4 Å². The van der Waals surface area contributed by atoms with E-state index in [-0.39, 0.29) is 17.7 Å². The number of esters is 1. The van der Waals surface area contributed by atoms with Crippen LogP contribution in [0.1, 0.15) is 36.0 Å². The van der Waals surface area contributed by atoms with E-state index in [0.717, 1.165) is 22.5 Å². The van der Waals surface area contributed by atoms with Gasteiger partial charge in [0.05, 0.1) is 24.7 Å². The molecule has 0 unspecified atom stereocenters. The molecule has 34 heavy (non-hydrogen) atoms. The summed E-state index contributed by atoms with van der Waals surface area (Å²) in [6.07, 6.45) is 1.62. The predicted octanol–water partition coefficient (Wildman–Crippen LogP) is 5.67. The van der Waals surface area contributed by atoms with Gasteiger partial charge in [-0.25, -0.2) is 4.79 Å². The van der Waals surface area contributed by atoms with E-state index in [1.165, 1.54) is 30.2 Å². The molecule has 0 spiro atoms. The van der Waals surface area contributed by atoms with Gasteiger partial charge in [-0.1, -0.05) is 42.1 Å². The first-order valence-corrected chi connectivity index (χ1v) is 12.4. The largest absolute Gasteiger partial charge is 0.469 e. The summed E-state index contributed by atoms with van der Waals surface area (Å²) in [6.45, 7) is 5.94. The molecule has 4 rings (SSSR count). The molecule has 0 atom stereocenters. The molecule has 8 nitrogen and oxygen atoms in total. The average molecular weight is 497 g/mol. The Bertz CT molecular complexity index is 1310. The second-order valence-corrected chi connectivity index (χ2v) is 9.53. The van der Waals surface area contributed by atoms with Gasteiger partial charge < -0.3 is 14.5 Å². The summed E-state index contributed by atoms with van der Waals surface area (Å²) in [6, 6.07) is 11.5. The quantitative estimate of drug-likeness (QED) is 0.248. The van der Waals surface area contributed by atoms with E-state index in [4.69, 9.17) is 9.15 Å². The number of aryl methyl sites for hydroxylation is 1. The number of nitrogens with zero attached hydrogens (tertiary/aromatic N) is 3. The van der Waals surface area contributed by atoms with E-state index < -0.39 is 5.97 Å². The number of thioether (sulfide) groups is 1. The highest BCUT2D eigenvalue weighted by atomic mass is 32.2. The Labute approximate surface area is 205 Å². The van der Waals surface area contributed by atoms with Gasteiger partial charge in [-0.15, -0.1) is 21.5 Å². The highest BCUT2D eigenvalue weighted by Crippen LogP contribution is 2.36. The minimum Gasteiger partial charge on any atom is -0.469 e. The molecule has 4 aromatic rings. The summed E-state index contributed by atoms with van der Waals surface area (Å²) in [7, 11) is 1.33. The lowest BCUT2D eigenvalue weighted by atomic mass is 10.0. The molecule has 1 aromatic carbocycles. The molecule has 0 saturated heterocycles. The van der Waals surface area contributed by atoms with Crippen LogP contribution in [0.2, 0.25) is 0 Å². The molecular weight excluding hydrogens is 472 g/mol. The van der Waals surface area contributed by atoms with E-state index >= 15 is 0 Å². The number of aromatic nitrogens is 3. The fourth-order valence-electron chi connectivity index (χ4n) is 3.52. The van der Waals surface area contributed by atoms with Gasteiger partial charge in [0, 0.05) is 17.0 Å². The third kappa shape index (κ3) is 4.78. The van der Waals surface area contributed by atoms with Crippen molar-refractivity contribution in [2.45, 2.75) is 32.0 Å². The standard InChI is InChI=1S/C24H24N4O4S2/c1-14(2)28-21(17-10-11-32-15(17)3)26-27-24(28)34-13-19(29)25-22-20(23(30)31-4)18(12-33-22)16-8-6-5-7-9-16/h5-12,14H,13H2,1-4H3,(H,25,29). The zero-order valence-electron chi connectivity index (χ0n) is 19.2. The van der Waals surface area contributed by atoms with Crippen LogP contribution in [0.5, 0.6) is 0 Å². The lowest BCUT2D eigenvalue weighted by Gasteiger charge is -2.13. The van der Waals surface area contributed by atoms with Crippen molar-refractivity contribution in [3.05, 3.63) is 59.4 Å². The predicted molar refractivity (Wildman–Crippen MR) is 133 cm³/mol. The lowest BCUT2D eigenvalue weighted by Crippen LogP contribution is -2.16. The maximum absolute atomic E-state index is 12.8. The van der Waals surface area contributed by atoms with Crippen LogP contribution in [0, 0.1) is 6.92 Å². The van der Waals surface area contributed by atoms with Crippen LogP contribution in [-0.4, -0.2) is 39.5 Å². The van der Waals surface area contributed by atoms with Crippen LogP contribution in [0.4, 0.5) is 5.00 Å². The molecule has 10 heteroatoms. The van der Waals surface area contributed by atoms with Gasteiger partial charge >= 0.3 is 5.97 Å². The first-order chi connectivity index (χ1) is 16.4. The zero-order valence-corrected chi connectivity index (χ0v) is 20.8. The van der Waals surface area contributed by atoms with E-state index in [0.29, 0.717) is 21.5 Å². The minimum atomic E-state index is -0.497. The number of anilines is 1. The van der Waals surface area contributed by atoms with Crippen molar-refractivity contribution in [3.63, 3.8) is 0 Å². The molecule has 0 aliphatic heterocycles. The van der Waals surface area contributed by atoms with Crippen molar-refractivity contribution in [1.82, 2.24) is 14.8 Å². The number of methoxy groups -OCH3 is 1. The van der Waals surface area contributed by atoms with Crippen LogP contribution in [0.25, 0.3) is 22.5 Å². The number of benzene rings is 1. The Hall–Kier alpha value is -3.37. The summed E-state index contributed by atoms with van der Waals surface area (Å²) in [5, 5.41) is 14.4. The van der Waals surface area contributed by atoms with Crippen molar-refractivity contribution in [3.8, 4) is 22.5 Å². The molecule has 1 N–H and O–H groups in total. The van der Waals surface area contributed by atoms with Crippen LogP contribution in [0.3, 0.4) is 0 Å². The summed E-state index contributed by atoms with van der Waals surface area (Å²) < 4.78 is 12.4. The number of hydrogen-bond acceptors (Lipinski definition) is 8. The Morgan fingerprint density at radius 2 is 1.94 bits per heavy atom. The summed E-state index contributed by atoms with van der Waals surface area (Å²) in [5.74, 6) is 0.807. The molecule has 0 radical (unpaired) electrons. The van der Waals surface area contributed by atoms with Crippen LogP contribution in [0.15, 0.2) is 57.6 Å². The molecular formula is C24H24N4O4S2. The van der Waals surface area contributed by atoms with Crippen molar-refractivity contribution in [1.29, 1.82) is 0 Å². The van der Waals surface area contributed by atoms with Gasteiger partial charge in [-0.3, -0.25) is 9.36 Å². The maximum Gasteiger partial charge on any atom is 0.341 e. The third-order valence-corrected chi connectivity index (χ3v) is 6.97. The van der Waals surface area contributed by atoms with E-state index in [9.17, 15) is 9.59 Å². The molecule has 0 saturated carbocycles. The van der Waals surface area contributed by atoms with Crippen molar-refractivity contribution < 1.29 is 18.7 Å². The number of thiophene rings is 1. The fraction of sp³-hybridized carbons (Fsp3) is 0.250. The maximum atomic E-state index is 12.8. The zero-order chi connectivity index (χ0) is 24.2. The van der Waals surface area contributed by atoms with E-state index in [1.54, 1.807) is 6.26 Å². The number of carbonyl (C=O) groups is 2. The number of furan rings is 1. The fourth-order valence-corrected chi connectivity index (χ4v) is 5.36. The molecule has 3 aromatic heterocycles. The lowest BCUT2D eigenvalue weighted by molar-refractivity contribution is -0.113. The monoisotopic (exact) mass is 496 g/mol. The number of ether oxygens (including phenoxy) is 1. The van der Waals surface area contributed by atoms with Crippen LogP contribution in [-0.2, 0) is 9.53 Å². The Kier molecular flexibility index (Phi) is 7.18. The van der Waals surface area contributed by atoms with Gasteiger partial charge in [0.1, 0.15) is 16.3 Å². The highest BCUT2D eigenvalue weighted by molar-refractivity contribution is 7.99. The molecule has 1 amide bonds. The summed E-state index contributed by atoms with van der Waals surface area (Å²) in [4.78, 5) is 25.3. The number of amides is 1. The van der Waals surface area contributed by atoms with Crippen molar-refractivity contribution in [2.24, 2.45) is 0 Å². The van der Waals surface area contributed by atoms with Gasteiger partial charge in [0.15, 0.2) is 11.0 Å². The van der Waals surface area contributed by atoms with Crippen molar-refractivity contribution in [2.75, 3.05) is 18.2 Å². The summed E-state index contributed by atoms with van der Waals surface area (Å²) >= 11 is 2.58. The van der Waals surface area contributed by atoms with Gasteiger partial charge in [0.25, 0.3) is 0 Å². The molecule has 176 valence electrons.